The molecular weight excluding hydrogens is 356 g/mol. The third kappa shape index (κ3) is 3.12. The number of fused-ring (bicyclic) bond motifs is 1. The number of nitrogens with zero attached hydrogens (tertiary/aromatic N) is 2. The van der Waals surface area contributed by atoms with Gasteiger partial charge in [-0.15, -0.1) is 0 Å². The summed E-state index contributed by atoms with van der Waals surface area (Å²) in [6, 6.07) is 7.10. The predicted molar refractivity (Wildman–Crippen MR) is 102 cm³/mol. The van der Waals surface area contributed by atoms with Crippen molar-refractivity contribution in [2.75, 3.05) is 0 Å². The fourth-order valence-electron chi connectivity index (χ4n) is 4.80. The zero-order chi connectivity index (χ0) is 19.4. The standard InChI is InChI=1S/C21H26N4O3/c22-14-8-16(9-14)24(15-2-3-15)10-12-1-4-17-13(7-12)11-25(21(17)28)18-5-6-19(26)23-20(18)27/h1,4,7,14-16,18H,2-3,5-6,8-11,22H2,(H,23,26,27). The lowest BCUT2D eigenvalue weighted by molar-refractivity contribution is -0.136. The van der Waals surface area contributed by atoms with Gasteiger partial charge < -0.3 is 10.6 Å². The van der Waals surface area contributed by atoms with Gasteiger partial charge >= 0.3 is 0 Å². The summed E-state index contributed by atoms with van der Waals surface area (Å²) < 4.78 is 0. The third-order valence-electron chi connectivity index (χ3n) is 6.59. The maximum atomic E-state index is 12.8. The number of rotatable bonds is 5. The first-order valence-corrected chi connectivity index (χ1v) is 10.3. The summed E-state index contributed by atoms with van der Waals surface area (Å²) in [6.07, 6.45) is 5.35. The van der Waals surface area contributed by atoms with E-state index in [-0.39, 0.29) is 24.1 Å². The van der Waals surface area contributed by atoms with Crippen LogP contribution in [0.15, 0.2) is 18.2 Å². The molecule has 7 heteroatoms. The van der Waals surface area contributed by atoms with Crippen LogP contribution in [-0.4, -0.2) is 51.7 Å². The summed E-state index contributed by atoms with van der Waals surface area (Å²) in [7, 11) is 0. The number of amides is 3. The minimum Gasteiger partial charge on any atom is -0.328 e. The number of nitrogens with one attached hydrogen (secondary N) is 1. The van der Waals surface area contributed by atoms with Crippen LogP contribution in [-0.2, 0) is 22.7 Å². The molecule has 1 aromatic carbocycles. The van der Waals surface area contributed by atoms with Crippen LogP contribution >= 0.6 is 0 Å². The van der Waals surface area contributed by atoms with E-state index in [0.717, 1.165) is 24.9 Å². The Kier molecular flexibility index (Phi) is 4.25. The van der Waals surface area contributed by atoms with Crippen LogP contribution in [0.4, 0.5) is 0 Å². The topological polar surface area (TPSA) is 95.7 Å². The molecule has 0 bridgehead atoms. The van der Waals surface area contributed by atoms with Crippen LogP contribution < -0.4 is 11.1 Å². The Morgan fingerprint density at radius 1 is 1.11 bits per heavy atom. The molecule has 2 aliphatic heterocycles. The van der Waals surface area contributed by atoms with Gasteiger partial charge in [-0.3, -0.25) is 24.6 Å². The number of carbonyl (C=O) groups is 3. The van der Waals surface area contributed by atoms with Crippen molar-refractivity contribution < 1.29 is 14.4 Å². The molecule has 1 saturated heterocycles. The van der Waals surface area contributed by atoms with Gasteiger partial charge in [0.25, 0.3) is 5.91 Å². The lowest BCUT2D eigenvalue weighted by Gasteiger charge is -2.41. The molecule has 0 spiro atoms. The first-order valence-electron chi connectivity index (χ1n) is 10.3. The van der Waals surface area contributed by atoms with Crippen molar-refractivity contribution in [1.82, 2.24) is 15.1 Å². The van der Waals surface area contributed by atoms with E-state index in [1.54, 1.807) is 4.90 Å². The first-order chi connectivity index (χ1) is 13.5. The number of nitrogens with two attached hydrogens (primary N) is 1. The van der Waals surface area contributed by atoms with Gasteiger partial charge in [0.2, 0.25) is 11.8 Å². The van der Waals surface area contributed by atoms with E-state index in [1.165, 1.54) is 18.4 Å². The molecule has 1 unspecified atom stereocenters. The van der Waals surface area contributed by atoms with E-state index < -0.39 is 6.04 Å². The van der Waals surface area contributed by atoms with Crippen molar-refractivity contribution >= 4 is 17.7 Å². The first kappa shape index (κ1) is 17.8. The highest BCUT2D eigenvalue weighted by molar-refractivity contribution is 6.05. The Balaban J connectivity index is 1.31. The van der Waals surface area contributed by atoms with Gasteiger partial charge in [-0.2, -0.15) is 0 Å². The Hall–Kier alpha value is -2.25. The van der Waals surface area contributed by atoms with Gasteiger partial charge in [-0.1, -0.05) is 12.1 Å². The minimum atomic E-state index is -0.555. The maximum Gasteiger partial charge on any atom is 0.255 e. The Labute approximate surface area is 164 Å². The molecule has 148 valence electrons. The van der Waals surface area contributed by atoms with Gasteiger partial charge in [0.15, 0.2) is 0 Å². The van der Waals surface area contributed by atoms with E-state index in [1.807, 2.05) is 12.1 Å². The fourth-order valence-corrected chi connectivity index (χ4v) is 4.80. The highest BCUT2D eigenvalue weighted by Gasteiger charge is 2.41. The zero-order valence-corrected chi connectivity index (χ0v) is 15.9. The van der Waals surface area contributed by atoms with Crippen LogP contribution in [0.3, 0.4) is 0 Å². The van der Waals surface area contributed by atoms with Crippen molar-refractivity contribution in [2.45, 2.75) is 75.8 Å². The van der Waals surface area contributed by atoms with Crippen LogP contribution in [0.5, 0.6) is 0 Å². The summed E-state index contributed by atoms with van der Waals surface area (Å²) in [5.41, 5.74) is 8.86. The number of benzene rings is 1. The molecule has 2 saturated carbocycles. The highest BCUT2D eigenvalue weighted by Crippen LogP contribution is 2.37. The van der Waals surface area contributed by atoms with E-state index in [9.17, 15) is 14.4 Å². The number of piperidine rings is 1. The minimum absolute atomic E-state index is 0.111. The predicted octanol–water partition coefficient (Wildman–Crippen LogP) is 0.902. The molecule has 7 nitrogen and oxygen atoms in total. The second-order valence-electron chi connectivity index (χ2n) is 8.68. The van der Waals surface area contributed by atoms with Crippen molar-refractivity contribution in [1.29, 1.82) is 0 Å². The molecule has 0 radical (unpaired) electrons. The summed E-state index contributed by atoms with van der Waals surface area (Å²) in [4.78, 5) is 40.6. The molecule has 0 aromatic heterocycles. The molecule has 28 heavy (non-hydrogen) atoms. The summed E-state index contributed by atoms with van der Waals surface area (Å²) >= 11 is 0. The van der Waals surface area contributed by atoms with Gasteiger partial charge in [0.05, 0.1) is 0 Å². The van der Waals surface area contributed by atoms with E-state index >= 15 is 0 Å². The van der Waals surface area contributed by atoms with Crippen molar-refractivity contribution in [2.24, 2.45) is 5.73 Å². The lowest BCUT2D eigenvalue weighted by atomic mass is 9.86. The summed E-state index contributed by atoms with van der Waals surface area (Å²) in [5, 5.41) is 2.35. The molecule has 2 heterocycles. The van der Waals surface area contributed by atoms with Gasteiger partial charge in [0, 0.05) is 43.2 Å². The van der Waals surface area contributed by atoms with Crippen molar-refractivity contribution in [3.63, 3.8) is 0 Å². The average Bonchev–Trinajstić information content (AvgIpc) is 3.42. The number of hydrogen-bond donors (Lipinski definition) is 2. The van der Waals surface area contributed by atoms with E-state index in [4.69, 9.17) is 5.73 Å². The highest BCUT2D eigenvalue weighted by atomic mass is 16.2. The van der Waals surface area contributed by atoms with Crippen LogP contribution in [0, 0.1) is 0 Å². The Bertz CT molecular complexity index is 844. The lowest BCUT2D eigenvalue weighted by Crippen LogP contribution is -2.52. The van der Waals surface area contributed by atoms with E-state index in [0.29, 0.717) is 36.7 Å². The smallest absolute Gasteiger partial charge is 0.255 e. The Morgan fingerprint density at radius 3 is 2.57 bits per heavy atom. The second-order valence-corrected chi connectivity index (χ2v) is 8.68. The van der Waals surface area contributed by atoms with Crippen molar-refractivity contribution in [3.8, 4) is 0 Å². The normalized spacial score (nSPS) is 29.7. The van der Waals surface area contributed by atoms with Crippen LogP contribution in [0.2, 0.25) is 0 Å². The fraction of sp³-hybridized carbons (Fsp3) is 0.571. The largest absolute Gasteiger partial charge is 0.328 e. The molecule has 1 atom stereocenters. The number of imide groups is 1. The molecular formula is C21H26N4O3. The zero-order valence-electron chi connectivity index (χ0n) is 15.9. The van der Waals surface area contributed by atoms with E-state index in [2.05, 4.69) is 16.3 Å². The third-order valence-corrected chi connectivity index (χ3v) is 6.59. The molecule has 3 N–H and O–H groups in total. The van der Waals surface area contributed by atoms with Gasteiger partial charge in [-0.05, 0) is 49.3 Å². The van der Waals surface area contributed by atoms with Crippen LogP contribution in [0.1, 0.15) is 60.0 Å². The molecule has 2 aliphatic carbocycles. The summed E-state index contributed by atoms with van der Waals surface area (Å²) in [5.74, 6) is -0.734. The van der Waals surface area contributed by atoms with Crippen molar-refractivity contribution in [3.05, 3.63) is 34.9 Å². The number of carbonyl (C=O) groups excluding carboxylic acids is 3. The van der Waals surface area contributed by atoms with Gasteiger partial charge in [0.1, 0.15) is 6.04 Å². The van der Waals surface area contributed by atoms with Gasteiger partial charge in [-0.25, -0.2) is 0 Å². The SMILES string of the molecule is NC1CC(N(Cc2ccc3c(c2)CN(C2CCC(=O)NC2=O)C3=O)C2CC2)C1. The molecule has 3 fully saturated rings. The van der Waals surface area contributed by atoms with Crippen LogP contribution in [0.25, 0.3) is 0 Å². The summed E-state index contributed by atoms with van der Waals surface area (Å²) in [6.45, 7) is 1.33. The Morgan fingerprint density at radius 2 is 1.89 bits per heavy atom. The molecule has 1 aromatic rings. The average molecular weight is 382 g/mol. The second kappa shape index (κ2) is 6.67. The maximum absolute atomic E-state index is 12.8. The molecule has 5 rings (SSSR count). The monoisotopic (exact) mass is 382 g/mol. The number of hydrogen-bond acceptors (Lipinski definition) is 5. The molecule has 3 amide bonds. The molecule has 4 aliphatic rings. The quantitative estimate of drug-likeness (QED) is 0.738.